The number of hydrogen-bond acceptors (Lipinski definition) is 4. The SMILES string of the molecule is CC(C)Sc1ccccc1C(=O)N1CCN(S(=O)(=O)c2ccc(F)cc2)CC1. The molecule has 0 aromatic heterocycles. The zero-order valence-electron chi connectivity index (χ0n) is 15.8. The summed E-state index contributed by atoms with van der Waals surface area (Å²) in [6.45, 7) is 5.21. The average Bonchev–Trinajstić information content (AvgIpc) is 2.68. The molecule has 0 bridgehead atoms. The fraction of sp³-hybridized carbons (Fsp3) is 0.350. The number of sulfonamides is 1. The maximum atomic E-state index is 13.1. The lowest BCUT2D eigenvalue weighted by molar-refractivity contribution is 0.0694. The second-order valence-corrected chi connectivity index (χ2v) is 10.4. The molecule has 1 saturated heterocycles. The first-order valence-electron chi connectivity index (χ1n) is 9.09. The van der Waals surface area contributed by atoms with Gasteiger partial charge in [0.1, 0.15) is 5.82 Å². The van der Waals surface area contributed by atoms with Crippen LogP contribution in [-0.4, -0.2) is 55.0 Å². The second kappa shape index (κ2) is 8.63. The zero-order chi connectivity index (χ0) is 20.3. The Bertz CT molecular complexity index is 938. The van der Waals surface area contributed by atoms with Crippen molar-refractivity contribution >= 4 is 27.7 Å². The maximum absolute atomic E-state index is 13.1. The van der Waals surface area contributed by atoms with Crippen LogP contribution in [0.1, 0.15) is 24.2 Å². The van der Waals surface area contributed by atoms with Gasteiger partial charge in [0.2, 0.25) is 10.0 Å². The molecule has 1 amide bonds. The molecule has 1 aliphatic rings. The van der Waals surface area contributed by atoms with E-state index < -0.39 is 15.8 Å². The normalized spacial score (nSPS) is 15.8. The van der Waals surface area contributed by atoms with Crippen LogP contribution in [0, 0.1) is 5.82 Å². The molecule has 0 spiro atoms. The van der Waals surface area contributed by atoms with E-state index in [0.29, 0.717) is 23.9 Å². The van der Waals surface area contributed by atoms with Gasteiger partial charge >= 0.3 is 0 Å². The number of amides is 1. The summed E-state index contributed by atoms with van der Waals surface area (Å²) in [6, 6.07) is 12.3. The predicted molar refractivity (Wildman–Crippen MR) is 108 cm³/mol. The van der Waals surface area contributed by atoms with Crippen molar-refractivity contribution in [1.29, 1.82) is 0 Å². The molecule has 8 heteroatoms. The van der Waals surface area contributed by atoms with E-state index >= 15 is 0 Å². The van der Waals surface area contributed by atoms with Gasteiger partial charge in [-0.05, 0) is 36.4 Å². The summed E-state index contributed by atoms with van der Waals surface area (Å²) in [5.41, 5.74) is 0.649. The minimum absolute atomic E-state index is 0.0624. The van der Waals surface area contributed by atoms with Crippen molar-refractivity contribution in [3.05, 3.63) is 59.9 Å². The molecule has 0 aliphatic carbocycles. The van der Waals surface area contributed by atoms with Crippen molar-refractivity contribution in [3.8, 4) is 0 Å². The smallest absolute Gasteiger partial charge is 0.255 e. The van der Waals surface area contributed by atoms with Gasteiger partial charge in [0.05, 0.1) is 10.5 Å². The highest BCUT2D eigenvalue weighted by atomic mass is 32.2. The van der Waals surface area contributed by atoms with Gasteiger partial charge < -0.3 is 4.90 Å². The van der Waals surface area contributed by atoms with Crippen LogP contribution in [0.15, 0.2) is 58.3 Å². The molecular weight excluding hydrogens is 399 g/mol. The van der Waals surface area contributed by atoms with E-state index in [-0.39, 0.29) is 23.9 Å². The number of benzene rings is 2. The molecule has 0 atom stereocenters. The van der Waals surface area contributed by atoms with Crippen LogP contribution in [0.5, 0.6) is 0 Å². The van der Waals surface area contributed by atoms with Crippen molar-refractivity contribution in [1.82, 2.24) is 9.21 Å². The lowest BCUT2D eigenvalue weighted by Crippen LogP contribution is -2.50. The third kappa shape index (κ3) is 4.56. The van der Waals surface area contributed by atoms with Gasteiger partial charge in [-0.25, -0.2) is 12.8 Å². The van der Waals surface area contributed by atoms with Crippen molar-refractivity contribution in [3.63, 3.8) is 0 Å². The molecule has 1 fully saturated rings. The summed E-state index contributed by atoms with van der Waals surface area (Å²) in [5.74, 6) is -0.560. The molecule has 0 N–H and O–H groups in total. The molecular formula is C20H23FN2O3S2. The largest absolute Gasteiger partial charge is 0.336 e. The summed E-state index contributed by atoms with van der Waals surface area (Å²) in [7, 11) is -3.69. The van der Waals surface area contributed by atoms with Crippen LogP contribution in [-0.2, 0) is 10.0 Å². The van der Waals surface area contributed by atoms with E-state index in [1.807, 2.05) is 24.3 Å². The van der Waals surface area contributed by atoms with Crippen molar-refractivity contribution < 1.29 is 17.6 Å². The van der Waals surface area contributed by atoms with Crippen LogP contribution in [0.2, 0.25) is 0 Å². The summed E-state index contributed by atoms with van der Waals surface area (Å²) >= 11 is 1.64. The molecule has 0 unspecified atom stereocenters. The number of halogens is 1. The molecule has 2 aromatic rings. The van der Waals surface area contributed by atoms with Crippen LogP contribution >= 0.6 is 11.8 Å². The third-order valence-corrected chi connectivity index (χ3v) is 7.45. The Morgan fingerprint density at radius 3 is 2.21 bits per heavy atom. The van der Waals surface area contributed by atoms with Crippen LogP contribution in [0.4, 0.5) is 4.39 Å². The molecule has 0 radical (unpaired) electrons. The van der Waals surface area contributed by atoms with Gasteiger partial charge in [-0.15, -0.1) is 11.8 Å². The molecule has 0 saturated carbocycles. The number of carbonyl (C=O) groups is 1. The van der Waals surface area contributed by atoms with E-state index in [2.05, 4.69) is 13.8 Å². The first kappa shape index (κ1) is 20.8. The summed E-state index contributed by atoms with van der Waals surface area (Å²) in [5, 5.41) is 0.353. The minimum atomic E-state index is -3.69. The lowest BCUT2D eigenvalue weighted by atomic mass is 10.2. The fourth-order valence-corrected chi connectivity index (χ4v) is 5.43. The van der Waals surface area contributed by atoms with Crippen molar-refractivity contribution in [2.45, 2.75) is 28.9 Å². The number of rotatable bonds is 5. The number of hydrogen-bond donors (Lipinski definition) is 0. The standard InChI is InChI=1S/C20H23FN2O3S2/c1-15(2)27-19-6-4-3-5-18(19)20(24)22-11-13-23(14-12-22)28(25,26)17-9-7-16(21)8-10-17/h3-10,15H,11-14H2,1-2H3. The molecule has 150 valence electrons. The number of carbonyl (C=O) groups excluding carboxylic acids is 1. The van der Waals surface area contributed by atoms with Crippen molar-refractivity contribution in [2.75, 3.05) is 26.2 Å². The topological polar surface area (TPSA) is 57.7 Å². The Labute approximate surface area is 169 Å². The Kier molecular flexibility index (Phi) is 6.42. The lowest BCUT2D eigenvalue weighted by Gasteiger charge is -2.34. The third-order valence-electron chi connectivity index (χ3n) is 4.46. The Morgan fingerprint density at radius 1 is 1.00 bits per heavy atom. The fourth-order valence-electron chi connectivity index (χ4n) is 3.06. The van der Waals surface area contributed by atoms with Crippen molar-refractivity contribution in [2.24, 2.45) is 0 Å². The van der Waals surface area contributed by atoms with Crippen LogP contribution in [0.25, 0.3) is 0 Å². The second-order valence-electron chi connectivity index (χ2n) is 6.81. The van der Waals surface area contributed by atoms with Gasteiger partial charge in [0.15, 0.2) is 0 Å². The number of nitrogens with zero attached hydrogens (tertiary/aromatic N) is 2. The highest BCUT2D eigenvalue weighted by Crippen LogP contribution is 2.28. The Morgan fingerprint density at radius 2 is 1.61 bits per heavy atom. The van der Waals surface area contributed by atoms with Gasteiger partial charge in [0.25, 0.3) is 5.91 Å². The highest BCUT2D eigenvalue weighted by molar-refractivity contribution is 8.00. The summed E-state index contributed by atoms with van der Waals surface area (Å²) in [4.78, 5) is 15.7. The highest BCUT2D eigenvalue weighted by Gasteiger charge is 2.31. The first-order chi connectivity index (χ1) is 13.3. The minimum Gasteiger partial charge on any atom is -0.336 e. The van der Waals surface area contributed by atoms with Gasteiger partial charge in [0, 0.05) is 36.3 Å². The molecule has 3 rings (SSSR count). The molecule has 1 heterocycles. The van der Waals surface area contributed by atoms with Gasteiger partial charge in [-0.2, -0.15) is 4.31 Å². The summed E-state index contributed by atoms with van der Waals surface area (Å²) in [6.07, 6.45) is 0. The number of piperazine rings is 1. The zero-order valence-corrected chi connectivity index (χ0v) is 17.5. The van der Waals surface area contributed by atoms with Crippen LogP contribution < -0.4 is 0 Å². The summed E-state index contributed by atoms with van der Waals surface area (Å²) < 4.78 is 39.9. The van der Waals surface area contributed by atoms with Gasteiger partial charge in [-0.1, -0.05) is 26.0 Å². The quantitative estimate of drug-likeness (QED) is 0.693. The Balaban J connectivity index is 1.70. The Hall–Kier alpha value is -1.90. The van der Waals surface area contributed by atoms with Crippen LogP contribution in [0.3, 0.4) is 0 Å². The predicted octanol–water partition coefficient (Wildman–Crippen LogP) is 3.47. The van der Waals surface area contributed by atoms with E-state index in [1.54, 1.807) is 16.7 Å². The average molecular weight is 423 g/mol. The molecule has 2 aromatic carbocycles. The first-order valence-corrected chi connectivity index (χ1v) is 11.4. The number of thioether (sulfide) groups is 1. The molecule has 28 heavy (non-hydrogen) atoms. The monoisotopic (exact) mass is 422 g/mol. The van der Waals surface area contributed by atoms with Gasteiger partial charge in [-0.3, -0.25) is 4.79 Å². The molecule has 5 nitrogen and oxygen atoms in total. The van der Waals surface area contributed by atoms with E-state index in [1.165, 1.54) is 16.4 Å². The maximum Gasteiger partial charge on any atom is 0.255 e. The van der Waals surface area contributed by atoms with E-state index in [9.17, 15) is 17.6 Å². The van der Waals surface area contributed by atoms with E-state index in [4.69, 9.17) is 0 Å². The molecule has 1 aliphatic heterocycles. The van der Waals surface area contributed by atoms with E-state index in [0.717, 1.165) is 17.0 Å².